The Balaban J connectivity index is 0.000000163. The summed E-state index contributed by atoms with van der Waals surface area (Å²) in [5.74, 6) is 0.856. The van der Waals surface area contributed by atoms with E-state index in [4.69, 9.17) is 0 Å². The molecule has 0 aromatic heterocycles. The van der Waals surface area contributed by atoms with E-state index in [1.54, 1.807) is 0 Å². The average Bonchev–Trinajstić information content (AvgIpc) is 3.04. The standard InChI is InChI=1S/3C14H21NO/c3*1-11-5-4-6-13(9-11)14(16)7-8-15(3)10-12(14)2/h3*4-6,9,12,16H,7-8,10H2,1-3H3/t2*12-,14+;12-,14-/m000/s1. The van der Waals surface area contributed by atoms with Crippen LogP contribution in [0.15, 0.2) is 72.8 Å². The Hall–Kier alpha value is -2.58. The Morgan fingerprint density at radius 1 is 0.479 bits per heavy atom. The van der Waals surface area contributed by atoms with Crippen LogP contribution in [-0.2, 0) is 16.8 Å². The number of aliphatic hydroxyl groups is 3. The van der Waals surface area contributed by atoms with E-state index in [0.29, 0.717) is 0 Å². The van der Waals surface area contributed by atoms with Crippen LogP contribution in [-0.4, -0.2) is 90.4 Å². The van der Waals surface area contributed by atoms with Gasteiger partial charge in [0, 0.05) is 57.0 Å². The van der Waals surface area contributed by atoms with Crippen molar-refractivity contribution >= 4 is 0 Å². The minimum Gasteiger partial charge on any atom is -0.385 e. The fraction of sp³-hybridized carbons (Fsp3) is 0.571. The summed E-state index contributed by atoms with van der Waals surface area (Å²) in [6, 6.07) is 24.8. The van der Waals surface area contributed by atoms with Gasteiger partial charge in [0.1, 0.15) is 0 Å². The van der Waals surface area contributed by atoms with E-state index < -0.39 is 16.8 Å². The van der Waals surface area contributed by atoms with Gasteiger partial charge in [0.05, 0.1) is 16.8 Å². The smallest absolute Gasteiger partial charge is 0.0946 e. The van der Waals surface area contributed by atoms with Crippen LogP contribution in [0.1, 0.15) is 73.4 Å². The van der Waals surface area contributed by atoms with E-state index in [2.05, 4.69) is 132 Å². The fourth-order valence-electron chi connectivity index (χ4n) is 7.98. The second-order valence-corrected chi connectivity index (χ2v) is 15.6. The number of aryl methyl sites for hydroxylation is 3. The summed E-state index contributed by atoms with van der Waals surface area (Å²) in [6.45, 7) is 18.4. The van der Waals surface area contributed by atoms with Crippen molar-refractivity contribution in [2.24, 2.45) is 17.8 Å². The molecule has 3 fully saturated rings. The molecule has 3 aliphatic heterocycles. The maximum absolute atomic E-state index is 10.8. The van der Waals surface area contributed by atoms with E-state index >= 15 is 0 Å². The quantitative estimate of drug-likeness (QED) is 0.300. The maximum atomic E-state index is 10.8. The third kappa shape index (κ3) is 8.95. The normalized spacial score (nSPS) is 31.6. The molecule has 264 valence electrons. The van der Waals surface area contributed by atoms with Crippen LogP contribution in [0.2, 0.25) is 0 Å². The van der Waals surface area contributed by atoms with Crippen molar-refractivity contribution in [2.75, 3.05) is 60.4 Å². The summed E-state index contributed by atoms with van der Waals surface area (Å²) in [6.07, 6.45) is 2.48. The van der Waals surface area contributed by atoms with Crippen LogP contribution in [0.25, 0.3) is 0 Å². The monoisotopic (exact) mass is 657 g/mol. The van der Waals surface area contributed by atoms with Crippen molar-refractivity contribution in [3.63, 3.8) is 0 Å². The maximum Gasteiger partial charge on any atom is 0.0946 e. The van der Waals surface area contributed by atoms with Crippen LogP contribution in [0.5, 0.6) is 0 Å². The highest BCUT2D eigenvalue weighted by Crippen LogP contribution is 2.39. The Kier molecular flexibility index (Phi) is 12.7. The highest BCUT2D eigenvalue weighted by atomic mass is 16.3. The summed E-state index contributed by atoms with van der Waals surface area (Å²) >= 11 is 0. The van der Waals surface area contributed by atoms with Crippen molar-refractivity contribution < 1.29 is 15.3 Å². The van der Waals surface area contributed by atoms with Crippen LogP contribution < -0.4 is 0 Å². The fourth-order valence-corrected chi connectivity index (χ4v) is 7.98. The summed E-state index contributed by atoms with van der Waals surface area (Å²) in [4.78, 5) is 6.86. The Morgan fingerprint density at radius 2 is 0.729 bits per heavy atom. The molecule has 6 heteroatoms. The van der Waals surface area contributed by atoms with Crippen molar-refractivity contribution in [1.29, 1.82) is 0 Å². The molecule has 3 heterocycles. The molecule has 6 nitrogen and oxygen atoms in total. The lowest BCUT2D eigenvalue weighted by atomic mass is 9.77. The summed E-state index contributed by atoms with van der Waals surface area (Å²) in [7, 11) is 6.35. The first-order chi connectivity index (χ1) is 22.6. The van der Waals surface area contributed by atoms with E-state index in [0.717, 1.165) is 75.2 Å². The molecular formula is C42H63N3O3. The number of rotatable bonds is 3. The predicted molar refractivity (Wildman–Crippen MR) is 199 cm³/mol. The summed E-state index contributed by atoms with van der Waals surface area (Å²) in [5, 5.41) is 32.5. The molecule has 0 aliphatic carbocycles. The molecule has 3 saturated heterocycles. The zero-order chi connectivity index (χ0) is 35.3. The Bertz CT molecular complexity index is 1310. The molecule has 6 rings (SSSR count). The number of piperidine rings is 3. The molecule has 3 aromatic carbocycles. The van der Waals surface area contributed by atoms with Crippen molar-refractivity contribution in [1.82, 2.24) is 14.7 Å². The van der Waals surface area contributed by atoms with E-state index in [1.165, 1.54) is 16.7 Å². The van der Waals surface area contributed by atoms with Crippen LogP contribution >= 0.6 is 0 Å². The molecule has 3 aliphatic rings. The molecule has 0 bridgehead atoms. The highest BCUT2D eigenvalue weighted by Gasteiger charge is 2.41. The molecule has 3 N–H and O–H groups in total. The van der Waals surface area contributed by atoms with Crippen LogP contribution in [0.4, 0.5) is 0 Å². The number of benzene rings is 3. The zero-order valence-electron chi connectivity index (χ0n) is 31.2. The second kappa shape index (κ2) is 16.0. The van der Waals surface area contributed by atoms with Gasteiger partial charge in [0.15, 0.2) is 0 Å². The summed E-state index contributed by atoms with van der Waals surface area (Å²) in [5.41, 5.74) is 4.97. The summed E-state index contributed by atoms with van der Waals surface area (Å²) < 4.78 is 0. The number of nitrogens with zero attached hydrogens (tertiary/aromatic N) is 3. The van der Waals surface area contributed by atoms with E-state index in [1.807, 2.05) is 18.2 Å². The van der Waals surface area contributed by atoms with Gasteiger partial charge in [-0.3, -0.25) is 0 Å². The molecule has 0 saturated carbocycles. The topological polar surface area (TPSA) is 70.4 Å². The molecule has 6 atom stereocenters. The van der Waals surface area contributed by atoms with Gasteiger partial charge in [-0.15, -0.1) is 0 Å². The number of likely N-dealkylation sites (tertiary alicyclic amines) is 3. The van der Waals surface area contributed by atoms with Gasteiger partial charge in [-0.25, -0.2) is 0 Å². The first kappa shape index (κ1) is 38.2. The predicted octanol–water partition coefficient (Wildman–Crippen LogP) is 6.46. The second-order valence-electron chi connectivity index (χ2n) is 15.6. The zero-order valence-corrected chi connectivity index (χ0v) is 31.2. The van der Waals surface area contributed by atoms with Crippen molar-refractivity contribution in [3.05, 3.63) is 106 Å². The van der Waals surface area contributed by atoms with Gasteiger partial charge < -0.3 is 30.0 Å². The first-order valence-corrected chi connectivity index (χ1v) is 18.0. The first-order valence-electron chi connectivity index (χ1n) is 18.0. The largest absolute Gasteiger partial charge is 0.385 e. The third-order valence-electron chi connectivity index (χ3n) is 11.4. The van der Waals surface area contributed by atoms with E-state index in [9.17, 15) is 15.3 Å². The van der Waals surface area contributed by atoms with Crippen LogP contribution in [0, 0.1) is 38.5 Å². The molecule has 0 spiro atoms. The molecule has 0 amide bonds. The molecule has 48 heavy (non-hydrogen) atoms. The van der Waals surface area contributed by atoms with Gasteiger partial charge >= 0.3 is 0 Å². The minimum atomic E-state index is -0.640. The van der Waals surface area contributed by atoms with Gasteiger partial charge in [0.2, 0.25) is 0 Å². The average molecular weight is 658 g/mol. The Labute approximate surface area is 291 Å². The molecular weight excluding hydrogens is 594 g/mol. The molecule has 3 aromatic rings. The minimum absolute atomic E-state index is 0.285. The van der Waals surface area contributed by atoms with E-state index in [-0.39, 0.29) is 17.8 Å². The molecule has 0 radical (unpaired) electrons. The van der Waals surface area contributed by atoms with Gasteiger partial charge in [-0.05, 0) is 77.9 Å². The third-order valence-corrected chi connectivity index (χ3v) is 11.4. The van der Waals surface area contributed by atoms with Crippen LogP contribution in [0.3, 0.4) is 0 Å². The highest BCUT2D eigenvalue weighted by molar-refractivity contribution is 5.31. The van der Waals surface area contributed by atoms with Gasteiger partial charge in [0.25, 0.3) is 0 Å². The van der Waals surface area contributed by atoms with Crippen molar-refractivity contribution in [3.8, 4) is 0 Å². The van der Waals surface area contributed by atoms with Gasteiger partial charge in [-0.2, -0.15) is 0 Å². The van der Waals surface area contributed by atoms with Crippen molar-refractivity contribution in [2.45, 2.75) is 77.6 Å². The lowest BCUT2D eigenvalue weighted by Crippen LogP contribution is -2.47. The Morgan fingerprint density at radius 3 is 0.938 bits per heavy atom. The van der Waals surface area contributed by atoms with Gasteiger partial charge in [-0.1, -0.05) is 110 Å². The lowest BCUT2D eigenvalue weighted by molar-refractivity contribution is -0.0661. The lowest BCUT2D eigenvalue weighted by Gasteiger charge is -2.42. The number of hydrogen-bond donors (Lipinski definition) is 3. The number of hydrogen-bond acceptors (Lipinski definition) is 6. The molecule has 0 unspecified atom stereocenters. The SMILES string of the molecule is Cc1cccc([C@@]2(O)CCN(C)C[C@@H]2C)c1.Cc1cccc([C@@]2(O)CCN(C)C[C@@H]2C)c1.Cc1cccc([C@]2(O)CCN(C)C[C@@H]2C)c1.